The number of para-hydroxylation sites is 1. The van der Waals surface area contributed by atoms with E-state index < -0.39 is 0 Å². The van der Waals surface area contributed by atoms with Crippen molar-refractivity contribution in [2.24, 2.45) is 0 Å². The summed E-state index contributed by atoms with van der Waals surface area (Å²) in [6, 6.07) is 16.8. The molecule has 0 spiro atoms. The predicted octanol–water partition coefficient (Wildman–Crippen LogP) is 2.80. The van der Waals surface area contributed by atoms with Crippen LogP contribution in [0.3, 0.4) is 0 Å². The number of benzene rings is 2. The minimum absolute atomic E-state index is 0.0506. The Balaban J connectivity index is 1.43. The molecule has 1 aliphatic rings. The van der Waals surface area contributed by atoms with E-state index in [1.54, 1.807) is 7.11 Å². The Hall–Kier alpha value is -3.02. The van der Waals surface area contributed by atoms with Gasteiger partial charge in [-0.2, -0.15) is 0 Å². The van der Waals surface area contributed by atoms with Crippen molar-refractivity contribution in [2.75, 3.05) is 20.2 Å². The third kappa shape index (κ3) is 5.00. The molecule has 0 aromatic heterocycles. The third-order valence-corrected chi connectivity index (χ3v) is 4.77. The van der Waals surface area contributed by atoms with Gasteiger partial charge in [-0.1, -0.05) is 36.4 Å². The fraction of sp³-hybridized carbons (Fsp3) is 0.333. The van der Waals surface area contributed by atoms with Crippen molar-refractivity contribution < 1.29 is 14.3 Å². The first-order valence-corrected chi connectivity index (χ1v) is 9.18. The molecule has 2 aromatic carbocycles. The van der Waals surface area contributed by atoms with Crippen molar-refractivity contribution in [3.63, 3.8) is 0 Å². The number of hydrogen-bond acceptors (Lipinski definition) is 3. The Bertz CT molecular complexity index is 771. The first kappa shape index (κ1) is 18.8. The number of nitrogens with zero attached hydrogens (tertiary/aromatic N) is 1. The summed E-state index contributed by atoms with van der Waals surface area (Å²) in [5.41, 5.74) is 1.64. The molecule has 27 heavy (non-hydrogen) atoms. The fourth-order valence-electron chi connectivity index (χ4n) is 3.25. The van der Waals surface area contributed by atoms with E-state index in [-0.39, 0.29) is 18.0 Å². The molecule has 0 unspecified atom stereocenters. The standard InChI is InChI=1S/C21H25N3O3/c1-27-19-10-6-5-9-17(19)15-22-21(26)23-18-11-13-24(14-12-18)20(25)16-7-3-2-4-8-16/h2-10,18H,11-15H2,1H3,(H2,22,23,26). The zero-order chi connectivity index (χ0) is 19.1. The van der Waals surface area contributed by atoms with Crippen molar-refractivity contribution in [2.45, 2.75) is 25.4 Å². The van der Waals surface area contributed by atoms with Gasteiger partial charge in [-0.3, -0.25) is 4.79 Å². The van der Waals surface area contributed by atoms with Gasteiger partial charge >= 0.3 is 6.03 Å². The Kier molecular flexibility index (Phi) is 6.30. The highest BCUT2D eigenvalue weighted by Gasteiger charge is 2.24. The summed E-state index contributed by atoms with van der Waals surface area (Å²) in [5, 5.41) is 5.87. The van der Waals surface area contributed by atoms with Crippen molar-refractivity contribution in [1.82, 2.24) is 15.5 Å². The zero-order valence-corrected chi connectivity index (χ0v) is 15.5. The quantitative estimate of drug-likeness (QED) is 0.854. The molecule has 3 amide bonds. The van der Waals surface area contributed by atoms with Crippen LogP contribution in [0, 0.1) is 0 Å². The number of methoxy groups -OCH3 is 1. The maximum atomic E-state index is 12.5. The van der Waals surface area contributed by atoms with Gasteiger partial charge in [0.1, 0.15) is 5.75 Å². The van der Waals surface area contributed by atoms with Gasteiger partial charge in [-0.25, -0.2) is 4.79 Å². The third-order valence-electron chi connectivity index (χ3n) is 4.77. The minimum Gasteiger partial charge on any atom is -0.496 e. The fourth-order valence-corrected chi connectivity index (χ4v) is 3.25. The van der Waals surface area contributed by atoms with Crippen LogP contribution >= 0.6 is 0 Å². The second-order valence-electron chi connectivity index (χ2n) is 6.57. The SMILES string of the molecule is COc1ccccc1CNC(=O)NC1CCN(C(=O)c2ccccc2)CC1. The summed E-state index contributed by atoms with van der Waals surface area (Å²) >= 11 is 0. The number of likely N-dealkylation sites (tertiary alicyclic amines) is 1. The van der Waals surface area contributed by atoms with Gasteiger partial charge in [-0.15, -0.1) is 0 Å². The second-order valence-corrected chi connectivity index (χ2v) is 6.57. The van der Waals surface area contributed by atoms with E-state index in [4.69, 9.17) is 4.74 Å². The number of hydrogen-bond donors (Lipinski definition) is 2. The van der Waals surface area contributed by atoms with E-state index in [9.17, 15) is 9.59 Å². The number of nitrogens with one attached hydrogen (secondary N) is 2. The van der Waals surface area contributed by atoms with Crippen LogP contribution in [0.4, 0.5) is 4.79 Å². The summed E-state index contributed by atoms with van der Waals surface area (Å²) in [7, 11) is 1.61. The Morgan fingerprint density at radius 3 is 2.41 bits per heavy atom. The normalized spacial score (nSPS) is 14.5. The average molecular weight is 367 g/mol. The minimum atomic E-state index is -0.200. The zero-order valence-electron chi connectivity index (χ0n) is 15.5. The van der Waals surface area contributed by atoms with Gasteiger partial charge < -0.3 is 20.3 Å². The summed E-state index contributed by atoms with van der Waals surface area (Å²) in [6.45, 7) is 1.69. The maximum Gasteiger partial charge on any atom is 0.315 e. The van der Waals surface area contributed by atoms with Crippen LogP contribution in [-0.4, -0.2) is 43.1 Å². The van der Waals surface area contributed by atoms with Gasteiger partial charge in [0, 0.05) is 36.8 Å². The summed E-state index contributed by atoms with van der Waals surface area (Å²) in [4.78, 5) is 26.5. The number of urea groups is 1. The van der Waals surface area contributed by atoms with Crippen LogP contribution in [0.15, 0.2) is 54.6 Å². The lowest BCUT2D eigenvalue weighted by molar-refractivity contribution is 0.0708. The highest BCUT2D eigenvalue weighted by atomic mass is 16.5. The molecule has 0 radical (unpaired) electrons. The van der Waals surface area contributed by atoms with E-state index in [1.807, 2.05) is 59.5 Å². The molecule has 0 aliphatic carbocycles. The van der Waals surface area contributed by atoms with E-state index >= 15 is 0 Å². The smallest absolute Gasteiger partial charge is 0.315 e. The van der Waals surface area contributed by atoms with Gasteiger partial charge in [0.2, 0.25) is 0 Å². The topological polar surface area (TPSA) is 70.7 Å². The summed E-state index contributed by atoms with van der Waals surface area (Å²) in [6.07, 6.45) is 1.50. The highest BCUT2D eigenvalue weighted by Crippen LogP contribution is 2.17. The molecular weight excluding hydrogens is 342 g/mol. The average Bonchev–Trinajstić information content (AvgIpc) is 2.73. The molecule has 0 bridgehead atoms. The van der Waals surface area contributed by atoms with Crippen LogP contribution in [0.25, 0.3) is 0 Å². The van der Waals surface area contributed by atoms with Crippen molar-refractivity contribution in [1.29, 1.82) is 0 Å². The second kappa shape index (κ2) is 9.07. The molecule has 1 aliphatic heterocycles. The van der Waals surface area contributed by atoms with Crippen molar-refractivity contribution in [3.05, 3.63) is 65.7 Å². The molecule has 2 N–H and O–H groups in total. The lowest BCUT2D eigenvalue weighted by atomic mass is 10.0. The summed E-state index contributed by atoms with van der Waals surface area (Å²) in [5.74, 6) is 0.806. The molecule has 6 nitrogen and oxygen atoms in total. The molecule has 2 aromatic rings. The van der Waals surface area contributed by atoms with Crippen LogP contribution in [0.2, 0.25) is 0 Å². The number of ether oxygens (including phenoxy) is 1. The van der Waals surface area contributed by atoms with E-state index in [1.165, 1.54) is 0 Å². The van der Waals surface area contributed by atoms with Crippen LogP contribution in [0.1, 0.15) is 28.8 Å². The predicted molar refractivity (Wildman–Crippen MR) is 104 cm³/mol. The first-order chi connectivity index (χ1) is 13.2. The Morgan fingerprint density at radius 2 is 1.70 bits per heavy atom. The molecule has 1 fully saturated rings. The molecule has 1 heterocycles. The van der Waals surface area contributed by atoms with E-state index in [0.717, 1.165) is 24.2 Å². The van der Waals surface area contributed by atoms with Crippen LogP contribution < -0.4 is 15.4 Å². The number of carbonyl (C=O) groups is 2. The van der Waals surface area contributed by atoms with Gasteiger partial charge in [0.05, 0.1) is 7.11 Å². The van der Waals surface area contributed by atoms with Crippen LogP contribution in [-0.2, 0) is 6.54 Å². The van der Waals surface area contributed by atoms with Crippen molar-refractivity contribution in [3.8, 4) is 5.75 Å². The lowest BCUT2D eigenvalue weighted by Crippen LogP contribution is -2.49. The lowest BCUT2D eigenvalue weighted by Gasteiger charge is -2.32. The molecule has 1 saturated heterocycles. The highest BCUT2D eigenvalue weighted by molar-refractivity contribution is 5.94. The number of piperidine rings is 1. The van der Waals surface area contributed by atoms with E-state index in [0.29, 0.717) is 25.2 Å². The molecule has 6 heteroatoms. The number of amides is 3. The largest absolute Gasteiger partial charge is 0.496 e. The van der Waals surface area contributed by atoms with Gasteiger partial charge in [0.25, 0.3) is 5.91 Å². The van der Waals surface area contributed by atoms with E-state index in [2.05, 4.69) is 10.6 Å². The monoisotopic (exact) mass is 367 g/mol. The molecule has 3 rings (SSSR count). The van der Waals surface area contributed by atoms with Crippen LogP contribution in [0.5, 0.6) is 5.75 Å². The molecule has 142 valence electrons. The maximum absolute atomic E-state index is 12.5. The Labute approximate surface area is 159 Å². The molecule has 0 atom stereocenters. The molecule has 0 saturated carbocycles. The first-order valence-electron chi connectivity index (χ1n) is 9.18. The van der Waals surface area contributed by atoms with Crippen molar-refractivity contribution >= 4 is 11.9 Å². The van der Waals surface area contributed by atoms with Gasteiger partial charge in [0.15, 0.2) is 0 Å². The summed E-state index contributed by atoms with van der Waals surface area (Å²) < 4.78 is 5.29. The number of rotatable bonds is 5. The number of carbonyl (C=O) groups excluding carboxylic acids is 2. The van der Waals surface area contributed by atoms with Gasteiger partial charge in [-0.05, 0) is 31.0 Å². The molecular formula is C21H25N3O3. The Morgan fingerprint density at radius 1 is 1.04 bits per heavy atom.